The highest BCUT2D eigenvalue weighted by atomic mass is 16.1. The van der Waals surface area contributed by atoms with Crippen LogP contribution in [0.5, 0.6) is 0 Å². The molecule has 0 bridgehead atoms. The van der Waals surface area contributed by atoms with Gasteiger partial charge >= 0.3 is 0 Å². The van der Waals surface area contributed by atoms with E-state index in [0.717, 1.165) is 24.0 Å². The van der Waals surface area contributed by atoms with E-state index in [9.17, 15) is 4.79 Å². The Morgan fingerprint density at radius 3 is 2.45 bits per heavy atom. The molecule has 2 rings (SSSR count). The fourth-order valence-electron chi connectivity index (χ4n) is 3.16. The fraction of sp³-hybridized carbons (Fsp3) is 0.611. The molecule has 1 aliphatic rings. The molecule has 1 aromatic rings. The monoisotopic (exact) mass is 273 g/mol. The molecule has 0 heterocycles. The van der Waals surface area contributed by atoms with Gasteiger partial charge in [0.15, 0.2) is 0 Å². The van der Waals surface area contributed by atoms with Crippen LogP contribution in [0.3, 0.4) is 0 Å². The zero-order valence-electron chi connectivity index (χ0n) is 13.4. The molecule has 20 heavy (non-hydrogen) atoms. The average molecular weight is 273 g/mol. The summed E-state index contributed by atoms with van der Waals surface area (Å²) in [4.78, 5) is 12.6. The van der Waals surface area contributed by atoms with Gasteiger partial charge in [-0.3, -0.25) is 4.79 Å². The van der Waals surface area contributed by atoms with E-state index >= 15 is 0 Å². The van der Waals surface area contributed by atoms with Crippen molar-refractivity contribution in [3.63, 3.8) is 0 Å². The molecule has 1 saturated carbocycles. The van der Waals surface area contributed by atoms with Gasteiger partial charge in [0.05, 0.1) is 0 Å². The van der Waals surface area contributed by atoms with Crippen molar-refractivity contribution in [3.8, 4) is 0 Å². The molecule has 1 unspecified atom stereocenters. The van der Waals surface area contributed by atoms with Crippen LogP contribution in [-0.2, 0) is 5.41 Å². The van der Waals surface area contributed by atoms with Gasteiger partial charge in [0, 0.05) is 11.6 Å². The summed E-state index contributed by atoms with van der Waals surface area (Å²) in [5, 5.41) is 3.22. The first kappa shape index (κ1) is 15.1. The van der Waals surface area contributed by atoms with Crippen LogP contribution in [0.2, 0.25) is 0 Å². The van der Waals surface area contributed by atoms with Gasteiger partial charge in [0.25, 0.3) is 5.91 Å². The zero-order chi connectivity index (χ0) is 15.0. The molecule has 1 atom stereocenters. The number of rotatable bonds is 2. The molecular weight excluding hydrogens is 246 g/mol. The first-order valence-electron chi connectivity index (χ1n) is 7.59. The van der Waals surface area contributed by atoms with E-state index in [1.807, 2.05) is 18.2 Å². The smallest absolute Gasteiger partial charge is 0.251 e. The van der Waals surface area contributed by atoms with E-state index in [2.05, 4.69) is 46.0 Å². The van der Waals surface area contributed by atoms with Crippen molar-refractivity contribution < 1.29 is 4.79 Å². The minimum Gasteiger partial charge on any atom is -0.349 e. The van der Waals surface area contributed by atoms with Gasteiger partial charge in [-0.1, -0.05) is 52.8 Å². The molecule has 0 radical (unpaired) electrons. The fourth-order valence-corrected chi connectivity index (χ4v) is 3.16. The molecule has 110 valence electrons. The third-order valence-electron chi connectivity index (χ3n) is 4.28. The predicted molar refractivity (Wildman–Crippen MR) is 84.0 cm³/mol. The Balaban J connectivity index is 2.15. The molecule has 0 spiro atoms. The molecule has 1 aromatic carbocycles. The van der Waals surface area contributed by atoms with Crippen LogP contribution in [0.1, 0.15) is 69.8 Å². The summed E-state index contributed by atoms with van der Waals surface area (Å²) < 4.78 is 0. The van der Waals surface area contributed by atoms with Crippen LogP contribution in [0.15, 0.2) is 24.3 Å². The van der Waals surface area contributed by atoms with Gasteiger partial charge in [-0.15, -0.1) is 0 Å². The van der Waals surface area contributed by atoms with Crippen LogP contribution >= 0.6 is 0 Å². The van der Waals surface area contributed by atoms with Gasteiger partial charge < -0.3 is 5.32 Å². The van der Waals surface area contributed by atoms with Crippen LogP contribution in [0.25, 0.3) is 0 Å². The molecule has 0 aliphatic heterocycles. The van der Waals surface area contributed by atoms with Crippen molar-refractivity contribution >= 4 is 5.91 Å². The zero-order valence-corrected chi connectivity index (χ0v) is 13.4. The normalized spacial score (nSPS) is 21.8. The first-order valence-corrected chi connectivity index (χ1v) is 7.59. The standard InChI is InChI=1S/C18H27NO/c1-17(2,3)15-9-7-6-8-14(15)16(20)19-13-10-11-18(4,5)12-13/h6-9,13H,10-12H2,1-5H3,(H,19,20). The second kappa shape index (κ2) is 5.23. The van der Waals surface area contributed by atoms with Crippen LogP contribution in [0, 0.1) is 5.41 Å². The van der Waals surface area contributed by atoms with Crippen LogP contribution in [-0.4, -0.2) is 11.9 Å². The summed E-state index contributed by atoms with van der Waals surface area (Å²) in [6, 6.07) is 8.29. The summed E-state index contributed by atoms with van der Waals surface area (Å²) in [5.41, 5.74) is 2.30. The summed E-state index contributed by atoms with van der Waals surface area (Å²) in [6.07, 6.45) is 3.37. The minimum atomic E-state index is -0.0110. The maximum Gasteiger partial charge on any atom is 0.251 e. The summed E-state index contributed by atoms with van der Waals surface area (Å²) >= 11 is 0. The van der Waals surface area contributed by atoms with E-state index < -0.39 is 0 Å². The largest absolute Gasteiger partial charge is 0.349 e. The van der Waals surface area contributed by atoms with Gasteiger partial charge in [-0.25, -0.2) is 0 Å². The summed E-state index contributed by atoms with van der Waals surface area (Å²) in [5.74, 6) is 0.0817. The van der Waals surface area contributed by atoms with Crippen LogP contribution < -0.4 is 5.32 Å². The Hall–Kier alpha value is -1.31. The van der Waals surface area contributed by atoms with Crippen molar-refractivity contribution in [1.82, 2.24) is 5.32 Å². The Morgan fingerprint density at radius 2 is 1.90 bits per heavy atom. The van der Waals surface area contributed by atoms with E-state index in [1.54, 1.807) is 0 Å². The van der Waals surface area contributed by atoms with Gasteiger partial charge in [-0.2, -0.15) is 0 Å². The van der Waals surface area contributed by atoms with Gasteiger partial charge in [-0.05, 0) is 41.7 Å². The molecule has 1 N–H and O–H groups in total. The highest BCUT2D eigenvalue weighted by Gasteiger charge is 2.32. The van der Waals surface area contributed by atoms with Gasteiger partial charge in [0.1, 0.15) is 0 Å². The highest BCUT2D eigenvalue weighted by molar-refractivity contribution is 5.96. The molecule has 0 aromatic heterocycles. The lowest BCUT2D eigenvalue weighted by atomic mass is 9.83. The van der Waals surface area contributed by atoms with Crippen molar-refractivity contribution in [2.75, 3.05) is 0 Å². The third kappa shape index (κ3) is 3.41. The number of carbonyl (C=O) groups is 1. The quantitative estimate of drug-likeness (QED) is 0.855. The van der Waals surface area contributed by atoms with Gasteiger partial charge in [0.2, 0.25) is 0 Å². The van der Waals surface area contributed by atoms with Crippen molar-refractivity contribution in [1.29, 1.82) is 0 Å². The lowest BCUT2D eigenvalue weighted by Gasteiger charge is -2.23. The minimum absolute atomic E-state index is 0.0110. The Bertz CT molecular complexity index is 496. The Morgan fingerprint density at radius 1 is 1.25 bits per heavy atom. The lowest BCUT2D eigenvalue weighted by molar-refractivity contribution is 0.0934. The SMILES string of the molecule is CC1(C)CCC(NC(=O)c2ccccc2C(C)(C)C)C1. The Kier molecular flexibility index (Phi) is 3.95. The summed E-state index contributed by atoms with van der Waals surface area (Å²) in [7, 11) is 0. The molecule has 1 amide bonds. The second-order valence-corrected chi connectivity index (χ2v) is 7.87. The lowest BCUT2D eigenvalue weighted by Crippen LogP contribution is -2.35. The Labute approximate surface area is 123 Å². The number of nitrogens with one attached hydrogen (secondary N) is 1. The van der Waals surface area contributed by atoms with Crippen LogP contribution in [0.4, 0.5) is 0 Å². The number of carbonyl (C=O) groups excluding carboxylic acids is 1. The molecule has 1 fully saturated rings. The molecular formula is C18H27NO. The molecule has 2 nitrogen and oxygen atoms in total. The number of hydrogen-bond acceptors (Lipinski definition) is 1. The molecule has 0 saturated heterocycles. The molecule has 1 aliphatic carbocycles. The first-order chi connectivity index (χ1) is 9.19. The topological polar surface area (TPSA) is 29.1 Å². The average Bonchev–Trinajstić information content (AvgIpc) is 2.67. The summed E-state index contributed by atoms with van der Waals surface area (Å²) in [6.45, 7) is 11.0. The third-order valence-corrected chi connectivity index (χ3v) is 4.28. The number of amides is 1. The number of hydrogen-bond donors (Lipinski definition) is 1. The van der Waals surface area contributed by atoms with E-state index in [0.29, 0.717) is 11.5 Å². The number of benzene rings is 1. The van der Waals surface area contributed by atoms with Crippen molar-refractivity contribution in [2.45, 2.75) is 65.3 Å². The van der Waals surface area contributed by atoms with Crippen molar-refractivity contribution in [2.24, 2.45) is 5.41 Å². The second-order valence-electron chi connectivity index (χ2n) is 7.87. The van der Waals surface area contributed by atoms with E-state index in [-0.39, 0.29) is 11.3 Å². The maximum atomic E-state index is 12.6. The predicted octanol–water partition coefficient (Wildman–Crippen LogP) is 4.29. The maximum absolute atomic E-state index is 12.6. The van der Waals surface area contributed by atoms with E-state index in [1.165, 1.54) is 6.42 Å². The van der Waals surface area contributed by atoms with Crippen molar-refractivity contribution in [3.05, 3.63) is 35.4 Å². The highest BCUT2D eigenvalue weighted by Crippen LogP contribution is 2.37. The van der Waals surface area contributed by atoms with E-state index in [4.69, 9.17) is 0 Å². The molecule has 2 heteroatoms.